The first-order valence-electron chi connectivity index (χ1n) is 6.44. The third kappa shape index (κ3) is 1.94. The number of carbonyl (C=O) groups excluding carboxylic acids is 1. The van der Waals surface area contributed by atoms with Crippen LogP contribution in [0.3, 0.4) is 0 Å². The quantitative estimate of drug-likeness (QED) is 0.772. The lowest BCUT2D eigenvalue weighted by Crippen LogP contribution is -2.21. The fourth-order valence-electron chi connectivity index (χ4n) is 3.51. The highest BCUT2D eigenvalue weighted by atomic mass is 32.1. The molecule has 5 N–H and O–H groups in total. The second kappa shape index (κ2) is 4.42. The van der Waals surface area contributed by atoms with Gasteiger partial charge in [-0.3, -0.25) is 4.79 Å². The molecule has 2 aliphatic rings. The summed E-state index contributed by atoms with van der Waals surface area (Å²) in [5.74, 6) is 2.26. The summed E-state index contributed by atoms with van der Waals surface area (Å²) in [5.41, 5.74) is 11.3. The van der Waals surface area contributed by atoms with Crippen LogP contribution in [0, 0.1) is 17.8 Å². The number of nitrogens with zero attached hydrogens (tertiary/aromatic N) is 1. The third-order valence-electron chi connectivity index (χ3n) is 4.37. The predicted octanol–water partition coefficient (Wildman–Crippen LogP) is 1.67. The minimum atomic E-state index is -0.503. The van der Waals surface area contributed by atoms with Crippen LogP contribution in [0.25, 0.3) is 0 Å². The maximum absolute atomic E-state index is 11.3. The van der Waals surface area contributed by atoms with E-state index in [0.717, 1.165) is 29.3 Å². The standard InChI is InChI=1S/C12H18N4OS/c13-10-9(11(14)17)12(18-16-10)15-5-8-4-6-1-2-7(8)3-6/h6-8,15H,1-5H2,(H2,13,16)(H2,14,17). The number of nitrogens with two attached hydrogens (primary N) is 2. The molecule has 18 heavy (non-hydrogen) atoms. The molecule has 3 unspecified atom stereocenters. The van der Waals surface area contributed by atoms with Crippen molar-refractivity contribution in [1.29, 1.82) is 0 Å². The molecule has 0 aliphatic heterocycles. The minimum absolute atomic E-state index is 0.239. The van der Waals surface area contributed by atoms with Gasteiger partial charge in [-0.25, -0.2) is 0 Å². The first-order valence-corrected chi connectivity index (χ1v) is 7.21. The Bertz CT molecular complexity index is 473. The van der Waals surface area contributed by atoms with Crippen molar-refractivity contribution < 1.29 is 4.79 Å². The van der Waals surface area contributed by atoms with Crippen LogP contribution in [0.5, 0.6) is 0 Å². The molecular formula is C12H18N4OS. The largest absolute Gasteiger partial charge is 0.382 e. The van der Waals surface area contributed by atoms with E-state index in [1.54, 1.807) is 0 Å². The van der Waals surface area contributed by atoms with Crippen LogP contribution in [0.1, 0.15) is 36.0 Å². The SMILES string of the molecule is NC(=O)c1c(N)nsc1NCC1CC2CCC1C2. The molecule has 1 heterocycles. The molecule has 1 aromatic rings. The van der Waals surface area contributed by atoms with Gasteiger partial charge in [-0.05, 0) is 48.5 Å². The van der Waals surface area contributed by atoms with Gasteiger partial charge in [-0.2, -0.15) is 4.37 Å². The van der Waals surface area contributed by atoms with Gasteiger partial charge in [-0.15, -0.1) is 0 Å². The highest BCUT2D eigenvalue weighted by Gasteiger charge is 2.39. The predicted molar refractivity (Wildman–Crippen MR) is 72.5 cm³/mol. The molecule has 2 aliphatic carbocycles. The molecule has 2 saturated carbocycles. The number of aromatic nitrogens is 1. The number of carbonyl (C=O) groups is 1. The van der Waals surface area contributed by atoms with Crippen molar-refractivity contribution in [3.8, 4) is 0 Å². The van der Waals surface area contributed by atoms with Crippen LogP contribution in [0.4, 0.5) is 10.8 Å². The number of fused-ring (bicyclic) bond motifs is 2. The lowest BCUT2D eigenvalue weighted by atomic mass is 9.89. The van der Waals surface area contributed by atoms with Crippen LogP contribution in [-0.2, 0) is 0 Å². The summed E-state index contributed by atoms with van der Waals surface area (Å²) in [6.07, 6.45) is 5.48. The van der Waals surface area contributed by atoms with Crippen molar-refractivity contribution in [2.45, 2.75) is 25.7 Å². The van der Waals surface area contributed by atoms with Crippen LogP contribution in [0.2, 0.25) is 0 Å². The van der Waals surface area contributed by atoms with E-state index in [-0.39, 0.29) is 5.82 Å². The van der Waals surface area contributed by atoms with Gasteiger partial charge in [0.1, 0.15) is 10.6 Å². The molecule has 98 valence electrons. The Hall–Kier alpha value is -1.30. The monoisotopic (exact) mass is 266 g/mol. The maximum Gasteiger partial charge on any atom is 0.255 e. The van der Waals surface area contributed by atoms with Gasteiger partial charge in [0.2, 0.25) is 0 Å². The van der Waals surface area contributed by atoms with Crippen LogP contribution < -0.4 is 16.8 Å². The zero-order chi connectivity index (χ0) is 12.7. The number of nitrogens with one attached hydrogen (secondary N) is 1. The summed E-state index contributed by atoms with van der Waals surface area (Å²) in [4.78, 5) is 11.3. The summed E-state index contributed by atoms with van der Waals surface area (Å²) in [6.45, 7) is 0.906. The smallest absolute Gasteiger partial charge is 0.255 e. The molecule has 2 bridgehead atoms. The molecule has 0 spiro atoms. The Kier molecular flexibility index (Phi) is 2.89. The molecule has 0 aromatic carbocycles. The minimum Gasteiger partial charge on any atom is -0.382 e. The second-order valence-electron chi connectivity index (χ2n) is 5.45. The average molecular weight is 266 g/mol. The first-order chi connectivity index (χ1) is 8.65. The van der Waals surface area contributed by atoms with E-state index in [9.17, 15) is 4.79 Å². The number of rotatable bonds is 4. The van der Waals surface area contributed by atoms with E-state index in [1.165, 1.54) is 37.2 Å². The fraction of sp³-hybridized carbons (Fsp3) is 0.667. The van der Waals surface area contributed by atoms with E-state index in [1.807, 2.05) is 0 Å². The summed E-state index contributed by atoms with van der Waals surface area (Å²) >= 11 is 1.22. The van der Waals surface area contributed by atoms with Gasteiger partial charge >= 0.3 is 0 Å². The zero-order valence-electron chi connectivity index (χ0n) is 10.2. The normalized spacial score (nSPS) is 29.7. The zero-order valence-corrected chi connectivity index (χ0v) is 11.0. The number of primary amides is 1. The van der Waals surface area contributed by atoms with Crippen molar-refractivity contribution in [3.05, 3.63) is 5.56 Å². The highest BCUT2D eigenvalue weighted by molar-refractivity contribution is 7.11. The van der Waals surface area contributed by atoms with Gasteiger partial charge in [0.05, 0.1) is 0 Å². The Morgan fingerprint density at radius 2 is 2.28 bits per heavy atom. The molecule has 5 nitrogen and oxygen atoms in total. The van der Waals surface area contributed by atoms with E-state index in [2.05, 4.69) is 9.69 Å². The Morgan fingerprint density at radius 3 is 2.89 bits per heavy atom. The number of hydrogen-bond donors (Lipinski definition) is 3. The molecule has 0 saturated heterocycles. The average Bonchev–Trinajstić information content (AvgIpc) is 3.00. The molecule has 6 heteroatoms. The lowest BCUT2D eigenvalue weighted by molar-refractivity contribution is 0.100. The summed E-state index contributed by atoms with van der Waals surface area (Å²) < 4.78 is 3.99. The summed E-state index contributed by atoms with van der Waals surface area (Å²) in [6, 6.07) is 0. The van der Waals surface area contributed by atoms with E-state index < -0.39 is 5.91 Å². The number of nitrogen functional groups attached to an aromatic ring is 1. The van der Waals surface area contributed by atoms with E-state index >= 15 is 0 Å². The molecule has 3 atom stereocenters. The maximum atomic E-state index is 11.3. The van der Waals surface area contributed by atoms with Gasteiger partial charge in [0.25, 0.3) is 5.91 Å². The number of anilines is 2. The number of amides is 1. The van der Waals surface area contributed by atoms with Crippen molar-refractivity contribution >= 4 is 28.3 Å². The molecule has 1 aromatic heterocycles. The van der Waals surface area contributed by atoms with E-state index in [0.29, 0.717) is 5.56 Å². The van der Waals surface area contributed by atoms with Crippen molar-refractivity contribution in [1.82, 2.24) is 4.37 Å². The lowest BCUT2D eigenvalue weighted by Gasteiger charge is -2.21. The van der Waals surface area contributed by atoms with Gasteiger partial charge < -0.3 is 16.8 Å². The summed E-state index contributed by atoms with van der Waals surface area (Å²) in [5, 5.41) is 4.04. The molecule has 2 fully saturated rings. The molecular weight excluding hydrogens is 248 g/mol. The van der Waals surface area contributed by atoms with Crippen LogP contribution in [-0.4, -0.2) is 16.8 Å². The van der Waals surface area contributed by atoms with Gasteiger partial charge in [0, 0.05) is 6.54 Å². The summed E-state index contributed by atoms with van der Waals surface area (Å²) in [7, 11) is 0. The topological polar surface area (TPSA) is 94.0 Å². The van der Waals surface area contributed by atoms with Crippen molar-refractivity contribution in [2.75, 3.05) is 17.6 Å². The van der Waals surface area contributed by atoms with E-state index in [4.69, 9.17) is 11.5 Å². The van der Waals surface area contributed by atoms with Gasteiger partial charge in [0.15, 0.2) is 5.82 Å². The Balaban J connectivity index is 1.65. The van der Waals surface area contributed by atoms with Crippen LogP contribution >= 0.6 is 11.5 Å². The number of hydrogen-bond acceptors (Lipinski definition) is 5. The highest BCUT2D eigenvalue weighted by Crippen LogP contribution is 2.48. The fourth-order valence-corrected chi connectivity index (χ4v) is 4.24. The van der Waals surface area contributed by atoms with Gasteiger partial charge in [-0.1, -0.05) is 6.42 Å². The first kappa shape index (κ1) is 11.8. The molecule has 1 amide bonds. The Labute approximate surface area is 110 Å². The molecule has 0 radical (unpaired) electrons. The van der Waals surface area contributed by atoms with Crippen LogP contribution in [0.15, 0.2) is 0 Å². The Morgan fingerprint density at radius 1 is 1.44 bits per heavy atom. The molecule has 3 rings (SSSR count). The third-order valence-corrected chi connectivity index (χ3v) is 5.19. The van der Waals surface area contributed by atoms with Crippen molar-refractivity contribution in [3.63, 3.8) is 0 Å². The second-order valence-corrected chi connectivity index (χ2v) is 6.23. The van der Waals surface area contributed by atoms with Crippen molar-refractivity contribution in [2.24, 2.45) is 23.5 Å².